The molecular weight excluding hydrogens is 687 g/mol. The van der Waals surface area contributed by atoms with Crippen molar-refractivity contribution in [2.75, 3.05) is 0 Å². The lowest BCUT2D eigenvalue weighted by atomic mass is 9.82. The molecule has 0 aliphatic heterocycles. The van der Waals surface area contributed by atoms with Crippen LogP contribution in [0.3, 0.4) is 0 Å². The zero-order valence-corrected chi connectivity index (χ0v) is 31.2. The van der Waals surface area contributed by atoms with Gasteiger partial charge in [0.15, 0.2) is 0 Å². The van der Waals surface area contributed by atoms with Crippen molar-refractivity contribution in [3.05, 3.63) is 175 Å². The van der Waals surface area contributed by atoms with Crippen LogP contribution >= 0.6 is 11.3 Å². The molecular formula is C51H33N3S. The summed E-state index contributed by atoms with van der Waals surface area (Å²) in [5, 5.41) is 7.87. The van der Waals surface area contributed by atoms with E-state index in [1.165, 1.54) is 80.7 Å². The average molecular weight is 720 g/mol. The van der Waals surface area contributed by atoms with Gasteiger partial charge in [-0.3, -0.25) is 0 Å². The van der Waals surface area contributed by atoms with Gasteiger partial charge in [-0.15, -0.1) is 11.3 Å². The minimum absolute atomic E-state index is 0.158. The fourth-order valence-corrected chi connectivity index (χ4v) is 10.7. The summed E-state index contributed by atoms with van der Waals surface area (Å²) in [5.41, 5.74) is 14.4. The van der Waals surface area contributed by atoms with Gasteiger partial charge in [0.1, 0.15) is 0 Å². The summed E-state index contributed by atoms with van der Waals surface area (Å²) in [6.45, 7) is 4.71. The molecule has 3 aromatic heterocycles. The first kappa shape index (κ1) is 30.8. The van der Waals surface area contributed by atoms with Gasteiger partial charge in [0.2, 0.25) is 0 Å². The first-order valence-electron chi connectivity index (χ1n) is 18.9. The third-order valence-corrected chi connectivity index (χ3v) is 13.1. The van der Waals surface area contributed by atoms with E-state index in [1.54, 1.807) is 0 Å². The average Bonchev–Trinajstić information content (AvgIpc) is 3.87. The maximum Gasteiger partial charge on any atom is 0.0973 e. The highest BCUT2D eigenvalue weighted by atomic mass is 32.1. The number of fused-ring (bicyclic) bond motifs is 14. The van der Waals surface area contributed by atoms with E-state index in [0.717, 1.165) is 33.5 Å². The van der Waals surface area contributed by atoms with Gasteiger partial charge >= 0.3 is 0 Å². The normalized spacial score (nSPS) is 13.4. The third kappa shape index (κ3) is 4.26. The van der Waals surface area contributed by atoms with Crippen LogP contribution in [-0.2, 0) is 5.41 Å². The zero-order chi connectivity index (χ0) is 36.4. The molecule has 0 unspecified atom stereocenters. The molecule has 0 amide bonds. The van der Waals surface area contributed by atoms with Gasteiger partial charge in [-0.1, -0.05) is 135 Å². The second-order valence-corrected chi connectivity index (χ2v) is 16.4. The Bertz CT molecular complexity index is 3400. The molecule has 0 fully saturated rings. The molecule has 0 atom stereocenters. The number of rotatable bonds is 3. The van der Waals surface area contributed by atoms with Crippen LogP contribution < -0.4 is 0 Å². The lowest BCUT2D eigenvalue weighted by molar-refractivity contribution is 0.660. The highest BCUT2D eigenvalue weighted by Gasteiger charge is 2.36. The van der Waals surface area contributed by atoms with Crippen molar-refractivity contribution in [2.45, 2.75) is 19.3 Å². The molecule has 0 saturated carbocycles. The van der Waals surface area contributed by atoms with Crippen molar-refractivity contribution in [1.82, 2.24) is 14.5 Å². The van der Waals surface area contributed by atoms with Gasteiger partial charge in [0, 0.05) is 48.5 Å². The largest absolute Gasteiger partial charge is 0.308 e. The summed E-state index contributed by atoms with van der Waals surface area (Å²) >= 11 is 1.91. The standard InChI is InChI=1S/C51H33N3S/c1-51(2)39-26-24-31(48-47(30-14-4-3-5-15-30)52-41-20-10-11-21-42(41)53-48)28-37(39)38-29-32(25-27-40(38)51)54-43-22-12-8-18-35(43)45-33-16-6-7-17-34(33)46-36-19-9-13-23-44(36)55-50(46)49(45)54/h3-29H,1-2H3. The van der Waals surface area contributed by atoms with E-state index in [2.05, 4.69) is 164 Å². The SMILES string of the molecule is CC1(C)c2ccc(-c3nc4ccccc4nc3-c3ccccc3)cc2-c2cc(-n3c4ccccc4c4c5ccccc5c5c6ccccc6sc5c43)ccc21. The Hall–Kier alpha value is -6.62. The van der Waals surface area contributed by atoms with Gasteiger partial charge in [-0.25, -0.2) is 9.97 Å². The molecule has 1 aliphatic rings. The molecule has 0 saturated heterocycles. The van der Waals surface area contributed by atoms with Crippen LogP contribution in [0.4, 0.5) is 0 Å². The third-order valence-electron chi connectivity index (χ3n) is 12.0. The molecule has 12 rings (SSSR count). The maximum absolute atomic E-state index is 5.27. The summed E-state index contributed by atoms with van der Waals surface area (Å²) in [4.78, 5) is 10.5. The van der Waals surface area contributed by atoms with Gasteiger partial charge < -0.3 is 4.57 Å². The minimum atomic E-state index is -0.158. The van der Waals surface area contributed by atoms with Crippen LogP contribution in [0.25, 0.3) is 103 Å². The number of hydrogen-bond acceptors (Lipinski definition) is 3. The van der Waals surface area contributed by atoms with Crippen molar-refractivity contribution < 1.29 is 0 Å². The summed E-state index contributed by atoms with van der Waals surface area (Å²) in [7, 11) is 0. The predicted octanol–water partition coefficient (Wildman–Crippen LogP) is 13.9. The van der Waals surface area contributed by atoms with Crippen molar-refractivity contribution >= 4 is 75.1 Å². The molecule has 1 aliphatic carbocycles. The van der Waals surface area contributed by atoms with Crippen molar-refractivity contribution in [2.24, 2.45) is 0 Å². The van der Waals surface area contributed by atoms with Crippen molar-refractivity contribution in [3.8, 4) is 39.3 Å². The number of benzene rings is 8. The van der Waals surface area contributed by atoms with Crippen LogP contribution in [0.15, 0.2) is 164 Å². The smallest absolute Gasteiger partial charge is 0.0973 e. The highest BCUT2D eigenvalue weighted by molar-refractivity contribution is 7.27. The summed E-state index contributed by atoms with van der Waals surface area (Å²) < 4.78 is 5.18. The molecule has 55 heavy (non-hydrogen) atoms. The van der Waals surface area contributed by atoms with E-state index in [4.69, 9.17) is 9.97 Å². The molecule has 3 heterocycles. The molecule has 0 bridgehead atoms. The lowest BCUT2D eigenvalue weighted by Gasteiger charge is -2.22. The van der Waals surface area contributed by atoms with E-state index in [9.17, 15) is 0 Å². The number of hydrogen-bond donors (Lipinski definition) is 0. The van der Waals surface area contributed by atoms with Crippen molar-refractivity contribution in [3.63, 3.8) is 0 Å². The molecule has 11 aromatic rings. The predicted molar refractivity (Wildman–Crippen MR) is 233 cm³/mol. The lowest BCUT2D eigenvalue weighted by Crippen LogP contribution is -2.15. The van der Waals surface area contributed by atoms with E-state index in [1.807, 2.05) is 29.5 Å². The van der Waals surface area contributed by atoms with E-state index in [-0.39, 0.29) is 5.41 Å². The topological polar surface area (TPSA) is 30.7 Å². The molecule has 0 N–H and O–H groups in total. The Balaban J connectivity index is 1.14. The molecule has 3 nitrogen and oxygen atoms in total. The van der Waals surface area contributed by atoms with Gasteiger partial charge in [0.25, 0.3) is 0 Å². The molecule has 258 valence electrons. The summed E-state index contributed by atoms with van der Waals surface area (Å²) in [5.74, 6) is 0. The van der Waals surface area contributed by atoms with E-state index in [0.29, 0.717) is 0 Å². The van der Waals surface area contributed by atoms with Crippen LogP contribution in [-0.4, -0.2) is 14.5 Å². The Morgan fingerprint density at radius 3 is 1.84 bits per heavy atom. The maximum atomic E-state index is 5.27. The van der Waals surface area contributed by atoms with Crippen LogP contribution in [0, 0.1) is 0 Å². The molecule has 8 aromatic carbocycles. The van der Waals surface area contributed by atoms with Crippen LogP contribution in [0.5, 0.6) is 0 Å². The fraction of sp³-hybridized carbons (Fsp3) is 0.0588. The minimum Gasteiger partial charge on any atom is -0.308 e. The number of nitrogens with zero attached hydrogens (tertiary/aromatic N) is 3. The molecule has 4 heteroatoms. The Kier molecular flexibility index (Phi) is 6.27. The van der Waals surface area contributed by atoms with Crippen LogP contribution in [0.2, 0.25) is 0 Å². The summed E-state index contributed by atoms with van der Waals surface area (Å²) in [6, 6.07) is 59.5. The van der Waals surface area contributed by atoms with E-state index < -0.39 is 0 Å². The van der Waals surface area contributed by atoms with E-state index >= 15 is 0 Å². The number of aromatic nitrogens is 3. The zero-order valence-electron chi connectivity index (χ0n) is 30.3. The van der Waals surface area contributed by atoms with Gasteiger partial charge in [0.05, 0.1) is 38.2 Å². The van der Waals surface area contributed by atoms with Gasteiger partial charge in [-0.05, 0) is 75.5 Å². The second kappa shape index (κ2) is 11.2. The first-order valence-corrected chi connectivity index (χ1v) is 19.7. The number of thiophene rings is 1. The quantitative estimate of drug-likeness (QED) is 0.182. The first-order chi connectivity index (χ1) is 27.0. The van der Waals surface area contributed by atoms with Gasteiger partial charge in [-0.2, -0.15) is 0 Å². The Morgan fingerprint density at radius 1 is 0.491 bits per heavy atom. The molecule has 0 radical (unpaired) electrons. The monoisotopic (exact) mass is 719 g/mol. The second-order valence-electron chi connectivity index (χ2n) is 15.3. The van der Waals surface area contributed by atoms with Crippen LogP contribution in [0.1, 0.15) is 25.0 Å². The van der Waals surface area contributed by atoms with Crippen molar-refractivity contribution in [1.29, 1.82) is 0 Å². The number of para-hydroxylation sites is 3. The Labute approximate surface area is 321 Å². The fourth-order valence-electron chi connectivity index (χ4n) is 9.44. The molecule has 0 spiro atoms. The Morgan fingerprint density at radius 2 is 1.07 bits per heavy atom. The highest BCUT2D eigenvalue weighted by Crippen LogP contribution is 2.52. The summed E-state index contributed by atoms with van der Waals surface area (Å²) in [6.07, 6.45) is 0.